The van der Waals surface area contributed by atoms with Crippen molar-refractivity contribution in [1.29, 1.82) is 0 Å². The zero-order valence-corrected chi connectivity index (χ0v) is 13.3. The zero-order chi connectivity index (χ0) is 15.1. The van der Waals surface area contributed by atoms with Gasteiger partial charge >= 0.3 is 6.03 Å². The zero-order valence-electron chi connectivity index (χ0n) is 12.5. The van der Waals surface area contributed by atoms with E-state index >= 15 is 0 Å². The van der Waals surface area contributed by atoms with Gasteiger partial charge in [-0.05, 0) is 19.4 Å². The lowest BCUT2D eigenvalue weighted by molar-refractivity contribution is 0.202. The Hall–Kier alpha value is -1.88. The van der Waals surface area contributed by atoms with Crippen LogP contribution in [-0.2, 0) is 13.0 Å². The molecule has 1 N–H and O–H groups in total. The van der Waals surface area contributed by atoms with Crippen molar-refractivity contribution in [1.82, 2.24) is 15.2 Å². The summed E-state index contributed by atoms with van der Waals surface area (Å²) >= 11 is 1.64. The lowest BCUT2D eigenvalue weighted by Crippen LogP contribution is -2.39. The van der Waals surface area contributed by atoms with Gasteiger partial charge in [0.15, 0.2) is 0 Å². The summed E-state index contributed by atoms with van der Waals surface area (Å²) in [5, 5.41) is 6.00. The van der Waals surface area contributed by atoms with Crippen LogP contribution in [0.5, 0.6) is 0 Å². The molecule has 2 rings (SSSR count). The summed E-state index contributed by atoms with van der Waals surface area (Å²) in [6.07, 6.45) is 0.843. The summed E-state index contributed by atoms with van der Waals surface area (Å²) in [4.78, 5) is 18.2. The first-order chi connectivity index (χ1) is 10.2. The van der Waals surface area contributed by atoms with Crippen LogP contribution in [0.3, 0.4) is 0 Å². The van der Waals surface area contributed by atoms with E-state index in [0.29, 0.717) is 6.54 Å². The predicted molar refractivity (Wildman–Crippen MR) is 86.5 cm³/mol. The Kier molecular flexibility index (Phi) is 5.75. The van der Waals surface area contributed by atoms with Crippen molar-refractivity contribution in [2.45, 2.75) is 26.8 Å². The molecule has 0 spiro atoms. The Balaban J connectivity index is 1.87. The molecule has 1 heterocycles. The minimum atomic E-state index is -0.0300. The first-order valence-corrected chi connectivity index (χ1v) is 8.10. The van der Waals surface area contributed by atoms with E-state index in [1.54, 1.807) is 16.2 Å². The quantitative estimate of drug-likeness (QED) is 0.890. The molecule has 0 radical (unpaired) electrons. The molecule has 0 atom stereocenters. The number of hydrogen-bond donors (Lipinski definition) is 1. The Morgan fingerprint density at radius 2 is 1.95 bits per heavy atom. The number of amides is 2. The SMILES string of the molecule is CCN(CC)C(=O)NCc1csc(Cc2ccccc2)n1. The highest BCUT2D eigenvalue weighted by Gasteiger charge is 2.09. The molecule has 0 unspecified atom stereocenters. The number of nitrogens with zero attached hydrogens (tertiary/aromatic N) is 2. The Morgan fingerprint density at radius 3 is 2.62 bits per heavy atom. The summed E-state index contributed by atoms with van der Waals surface area (Å²) in [5.74, 6) is 0. The van der Waals surface area contributed by atoms with E-state index in [9.17, 15) is 4.79 Å². The molecule has 1 aromatic heterocycles. The van der Waals surface area contributed by atoms with Gasteiger partial charge in [0.2, 0.25) is 0 Å². The molecule has 2 amide bonds. The monoisotopic (exact) mass is 303 g/mol. The van der Waals surface area contributed by atoms with Gasteiger partial charge in [0.05, 0.1) is 17.2 Å². The molecule has 4 nitrogen and oxygen atoms in total. The van der Waals surface area contributed by atoms with Gasteiger partial charge in [-0.1, -0.05) is 30.3 Å². The van der Waals surface area contributed by atoms with Gasteiger partial charge in [0.1, 0.15) is 0 Å². The highest BCUT2D eigenvalue weighted by atomic mass is 32.1. The average Bonchev–Trinajstić information content (AvgIpc) is 2.95. The number of aromatic nitrogens is 1. The molecule has 1 aromatic carbocycles. The third-order valence-corrected chi connectivity index (χ3v) is 4.17. The van der Waals surface area contributed by atoms with Crippen LogP contribution in [0, 0.1) is 0 Å². The lowest BCUT2D eigenvalue weighted by Gasteiger charge is -2.18. The maximum absolute atomic E-state index is 11.9. The van der Waals surface area contributed by atoms with Gasteiger partial charge in [-0.25, -0.2) is 9.78 Å². The first kappa shape index (κ1) is 15.5. The first-order valence-electron chi connectivity index (χ1n) is 7.23. The summed E-state index contributed by atoms with van der Waals surface area (Å²) in [6.45, 7) is 5.88. The number of rotatable bonds is 6. The fourth-order valence-corrected chi connectivity index (χ4v) is 2.90. The van der Waals surface area contributed by atoms with E-state index < -0.39 is 0 Å². The number of thiazole rings is 1. The van der Waals surface area contributed by atoms with E-state index in [4.69, 9.17) is 0 Å². The molecule has 5 heteroatoms. The van der Waals surface area contributed by atoms with Crippen LogP contribution in [0.2, 0.25) is 0 Å². The second-order valence-electron chi connectivity index (χ2n) is 4.73. The van der Waals surface area contributed by atoms with Crippen molar-refractivity contribution in [2.75, 3.05) is 13.1 Å². The molecule has 0 aliphatic rings. The minimum Gasteiger partial charge on any atom is -0.332 e. The number of benzene rings is 1. The Bertz CT molecular complexity index is 564. The molecule has 0 aliphatic heterocycles. The highest BCUT2D eigenvalue weighted by molar-refractivity contribution is 7.09. The van der Waals surface area contributed by atoms with Crippen LogP contribution in [0.1, 0.15) is 30.1 Å². The molecular formula is C16H21N3OS. The van der Waals surface area contributed by atoms with Crippen LogP contribution in [0.15, 0.2) is 35.7 Å². The molecule has 2 aromatic rings. The molecular weight excluding hydrogens is 282 g/mol. The third kappa shape index (κ3) is 4.56. The van der Waals surface area contributed by atoms with Crippen molar-refractivity contribution in [3.05, 3.63) is 52.0 Å². The highest BCUT2D eigenvalue weighted by Crippen LogP contribution is 2.14. The molecule has 112 valence electrons. The molecule has 0 aliphatic carbocycles. The molecule has 0 saturated carbocycles. The van der Waals surface area contributed by atoms with Crippen LogP contribution in [0.25, 0.3) is 0 Å². The smallest absolute Gasteiger partial charge is 0.317 e. The van der Waals surface area contributed by atoms with Crippen molar-refractivity contribution in [2.24, 2.45) is 0 Å². The Labute approximate surface area is 129 Å². The van der Waals surface area contributed by atoms with E-state index in [-0.39, 0.29) is 6.03 Å². The molecule has 21 heavy (non-hydrogen) atoms. The molecule has 0 fully saturated rings. The van der Waals surface area contributed by atoms with Crippen molar-refractivity contribution < 1.29 is 4.79 Å². The fraction of sp³-hybridized carbons (Fsp3) is 0.375. The topological polar surface area (TPSA) is 45.2 Å². The summed E-state index contributed by atoms with van der Waals surface area (Å²) in [7, 11) is 0. The van der Waals surface area contributed by atoms with E-state index in [1.165, 1.54) is 5.56 Å². The van der Waals surface area contributed by atoms with Crippen molar-refractivity contribution >= 4 is 17.4 Å². The van der Waals surface area contributed by atoms with Crippen molar-refractivity contribution in [3.8, 4) is 0 Å². The lowest BCUT2D eigenvalue weighted by atomic mass is 10.2. The third-order valence-electron chi connectivity index (χ3n) is 3.27. The van der Waals surface area contributed by atoms with E-state index in [1.807, 2.05) is 37.4 Å². The standard InChI is InChI=1S/C16H21N3OS/c1-3-19(4-2)16(20)17-11-14-12-21-15(18-14)10-13-8-6-5-7-9-13/h5-9,12H,3-4,10-11H2,1-2H3,(H,17,20). The normalized spacial score (nSPS) is 10.4. The number of hydrogen-bond acceptors (Lipinski definition) is 3. The van der Waals surface area contributed by atoms with Crippen LogP contribution < -0.4 is 5.32 Å². The second-order valence-corrected chi connectivity index (χ2v) is 5.67. The number of nitrogens with one attached hydrogen (secondary N) is 1. The maximum atomic E-state index is 11.9. The predicted octanol–water partition coefficient (Wildman–Crippen LogP) is 3.29. The molecule has 0 saturated heterocycles. The fourth-order valence-electron chi connectivity index (χ4n) is 2.07. The Morgan fingerprint density at radius 1 is 1.24 bits per heavy atom. The minimum absolute atomic E-state index is 0.0300. The van der Waals surface area contributed by atoms with Crippen LogP contribution in [0.4, 0.5) is 4.79 Å². The maximum Gasteiger partial charge on any atom is 0.317 e. The van der Waals surface area contributed by atoms with E-state index in [2.05, 4.69) is 22.4 Å². The number of carbonyl (C=O) groups excluding carboxylic acids is 1. The summed E-state index contributed by atoms with van der Waals surface area (Å²) < 4.78 is 0. The van der Waals surface area contributed by atoms with Gasteiger partial charge < -0.3 is 10.2 Å². The second kappa shape index (κ2) is 7.78. The van der Waals surface area contributed by atoms with Crippen molar-refractivity contribution in [3.63, 3.8) is 0 Å². The van der Waals surface area contributed by atoms with Crippen LogP contribution >= 0.6 is 11.3 Å². The largest absolute Gasteiger partial charge is 0.332 e. The molecule has 0 bridgehead atoms. The summed E-state index contributed by atoms with van der Waals surface area (Å²) in [6, 6.07) is 10.3. The number of carbonyl (C=O) groups is 1. The van der Waals surface area contributed by atoms with Gasteiger partial charge in [-0.2, -0.15) is 0 Å². The summed E-state index contributed by atoms with van der Waals surface area (Å²) in [5.41, 5.74) is 2.18. The van der Waals surface area contributed by atoms with Gasteiger partial charge in [-0.15, -0.1) is 11.3 Å². The van der Waals surface area contributed by atoms with Gasteiger partial charge in [0.25, 0.3) is 0 Å². The average molecular weight is 303 g/mol. The van der Waals surface area contributed by atoms with Gasteiger partial charge in [0, 0.05) is 24.9 Å². The van der Waals surface area contributed by atoms with Crippen LogP contribution in [-0.4, -0.2) is 29.0 Å². The van der Waals surface area contributed by atoms with E-state index in [0.717, 1.165) is 30.2 Å². The number of urea groups is 1. The van der Waals surface area contributed by atoms with Gasteiger partial charge in [-0.3, -0.25) is 0 Å².